The Morgan fingerprint density at radius 1 is 1.17 bits per heavy atom. The van der Waals surface area contributed by atoms with Crippen molar-refractivity contribution in [2.24, 2.45) is 5.92 Å². The summed E-state index contributed by atoms with van der Waals surface area (Å²) in [5, 5.41) is -0.0445. The minimum Gasteiger partial charge on any atom is -0.492 e. The van der Waals surface area contributed by atoms with Gasteiger partial charge in [0.25, 0.3) is 0 Å². The van der Waals surface area contributed by atoms with Gasteiger partial charge in [0.15, 0.2) is 0 Å². The number of pyridine rings is 1. The average molecular weight is 426 g/mol. The number of fused-ring (bicyclic) bond motifs is 1. The van der Waals surface area contributed by atoms with Gasteiger partial charge in [0, 0.05) is 32.4 Å². The van der Waals surface area contributed by atoms with E-state index in [0.29, 0.717) is 45.0 Å². The lowest BCUT2D eigenvalue weighted by molar-refractivity contribution is -0.138. The van der Waals surface area contributed by atoms with Crippen molar-refractivity contribution in [3.05, 3.63) is 52.7 Å². The molecule has 2 aliphatic rings. The van der Waals surface area contributed by atoms with Gasteiger partial charge in [-0.1, -0.05) is 29.8 Å². The molecule has 1 atom stereocenters. The molecule has 0 spiro atoms. The lowest BCUT2D eigenvalue weighted by atomic mass is 9.95. The molecule has 0 saturated carbocycles. The third kappa shape index (κ3) is 4.12. The summed E-state index contributed by atoms with van der Waals surface area (Å²) in [4.78, 5) is 20.4. The van der Waals surface area contributed by atoms with Crippen molar-refractivity contribution in [3.63, 3.8) is 0 Å². The first-order valence-electron chi connectivity index (χ1n) is 9.30. The van der Waals surface area contributed by atoms with Crippen LogP contribution in [0.15, 0.2) is 36.5 Å². The number of piperazine rings is 1. The molecule has 1 saturated heterocycles. The van der Waals surface area contributed by atoms with Crippen LogP contribution in [0, 0.1) is 5.92 Å². The molecule has 0 bridgehead atoms. The highest BCUT2D eigenvalue weighted by atomic mass is 35.5. The molecule has 1 aromatic carbocycles. The number of aromatic nitrogens is 1. The van der Waals surface area contributed by atoms with Crippen LogP contribution >= 0.6 is 11.6 Å². The highest BCUT2D eigenvalue weighted by Crippen LogP contribution is 2.34. The van der Waals surface area contributed by atoms with Crippen molar-refractivity contribution >= 4 is 23.3 Å². The van der Waals surface area contributed by atoms with Crippen LogP contribution in [-0.4, -0.2) is 48.6 Å². The molecule has 9 heteroatoms. The molecule has 0 radical (unpaired) electrons. The second kappa shape index (κ2) is 7.74. The standard InChI is InChI=1S/C20H19ClF3N3O2/c21-16-10-15(20(22,23)24)11-25-18(16)26-5-7-27(8-6-26)19(28)14-9-13-3-1-2-4-17(13)29-12-14/h1-4,10-11,14H,5-9,12H2/t14-/m1/s1. The van der Waals surface area contributed by atoms with Gasteiger partial charge < -0.3 is 14.5 Å². The molecule has 0 N–H and O–H groups in total. The van der Waals surface area contributed by atoms with Gasteiger partial charge in [0.2, 0.25) is 5.91 Å². The molecule has 0 unspecified atom stereocenters. The zero-order valence-corrected chi connectivity index (χ0v) is 16.2. The molecule has 1 amide bonds. The first-order chi connectivity index (χ1) is 13.8. The van der Waals surface area contributed by atoms with Crippen molar-refractivity contribution in [2.75, 3.05) is 37.7 Å². The summed E-state index contributed by atoms with van der Waals surface area (Å²) in [5.74, 6) is 0.931. The highest BCUT2D eigenvalue weighted by molar-refractivity contribution is 6.33. The van der Waals surface area contributed by atoms with Gasteiger partial charge in [0.1, 0.15) is 18.2 Å². The van der Waals surface area contributed by atoms with E-state index in [0.717, 1.165) is 23.6 Å². The summed E-state index contributed by atoms with van der Waals surface area (Å²) >= 11 is 6.04. The minimum atomic E-state index is -4.49. The summed E-state index contributed by atoms with van der Waals surface area (Å²) < 4.78 is 44.1. The quantitative estimate of drug-likeness (QED) is 0.736. The van der Waals surface area contributed by atoms with Crippen LogP contribution in [0.4, 0.5) is 19.0 Å². The molecule has 2 aliphatic heterocycles. The van der Waals surface area contributed by atoms with E-state index in [4.69, 9.17) is 16.3 Å². The Balaban J connectivity index is 1.38. The average Bonchev–Trinajstić information content (AvgIpc) is 2.72. The summed E-state index contributed by atoms with van der Waals surface area (Å²) in [7, 11) is 0. The van der Waals surface area contributed by atoms with Crippen LogP contribution in [0.5, 0.6) is 5.75 Å². The number of carbonyl (C=O) groups excluding carboxylic acids is 1. The Morgan fingerprint density at radius 3 is 2.59 bits per heavy atom. The molecule has 1 fully saturated rings. The van der Waals surface area contributed by atoms with Crippen molar-refractivity contribution in [1.82, 2.24) is 9.88 Å². The smallest absolute Gasteiger partial charge is 0.417 e. The van der Waals surface area contributed by atoms with Crippen LogP contribution < -0.4 is 9.64 Å². The van der Waals surface area contributed by atoms with Gasteiger partial charge in [-0.3, -0.25) is 4.79 Å². The molecule has 4 rings (SSSR count). The van der Waals surface area contributed by atoms with E-state index < -0.39 is 11.7 Å². The number of ether oxygens (including phenoxy) is 1. The number of carbonyl (C=O) groups is 1. The van der Waals surface area contributed by atoms with E-state index in [-0.39, 0.29) is 16.8 Å². The van der Waals surface area contributed by atoms with Gasteiger partial charge >= 0.3 is 6.18 Å². The predicted molar refractivity (Wildman–Crippen MR) is 102 cm³/mol. The number of hydrogen-bond donors (Lipinski definition) is 0. The van der Waals surface area contributed by atoms with Crippen molar-refractivity contribution < 1.29 is 22.7 Å². The van der Waals surface area contributed by atoms with E-state index in [2.05, 4.69) is 4.98 Å². The number of nitrogens with zero attached hydrogens (tertiary/aromatic N) is 3. The summed E-state index contributed by atoms with van der Waals surface area (Å²) in [6.07, 6.45) is -3.06. The van der Waals surface area contributed by atoms with Crippen molar-refractivity contribution in [2.45, 2.75) is 12.6 Å². The molecule has 3 heterocycles. The highest BCUT2D eigenvalue weighted by Gasteiger charge is 2.34. The van der Waals surface area contributed by atoms with E-state index in [9.17, 15) is 18.0 Å². The Kier molecular flexibility index (Phi) is 5.29. The third-order valence-corrected chi connectivity index (χ3v) is 5.55. The van der Waals surface area contributed by atoms with Gasteiger partial charge in [0.05, 0.1) is 16.5 Å². The number of rotatable bonds is 2. The third-order valence-electron chi connectivity index (χ3n) is 5.27. The molecule has 1 aromatic heterocycles. The minimum absolute atomic E-state index is 0.0330. The van der Waals surface area contributed by atoms with Crippen molar-refractivity contribution in [3.8, 4) is 5.75 Å². The second-order valence-electron chi connectivity index (χ2n) is 7.16. The fourth-order valence-corrected chi connectivity index (χ4v) is 3.99. The van der Waals surface area contributed by atoms with Gasteiger partial charge in [-0.05, 0) is 24.1 Å². The molecular formula is C20H19ClF3N3O2. The lowest BCUT2D eigenvalue weighted by Gasteiger charge is -2.38. The van der Waals surface area contributed by atoms with E-state index >= 15 is 0 Å². The molecule has 29 heavy (non-hydrogen) atoms. The normalized spacial score (nSPS) is 19.5. The van der Waals surface area contributed by atoms with E-state index in [1.165, 1.54) is 0 Å². The lowest BCUT2D eigenvalue weighted by Crippen LogP contribution is -2.52. The van der Waals surface area contributed by atoms with Crippen LogP contribution in [0.25, 0.3) is 0 Å². The van der Waals surface area contributed by atoms with Crippen LogP contribution in [-0.2, 0) is 17.4 Å². The molecule has 0 aliphatic carbocycles. The first-order valence-corrected chi connectivity index (χ1v) is 9.68. The molecule has 2 aromatic rings. The SMILES string of the molecule is O=C([C@H]1COc2ccccc2C1)N1CCN(c2ncc(C(F)(F)F)cc2Cl)CC1. The topological polar surface area (TPSA) is 45.7 Å². The maximum atomic E-state index is 12.9. The largest absolute Gasteiger partial charge is 0.492 e. The van der Waals surface area contributed by atoms with Gasteiger partial charge in [-0.25, -0.2) is 4.98 Å². The number of anilines is 1. The van der Waals surface area contributed by atoms with Gasteiger partial charge in [-0.15, -0.1) is 0 Å². The zero-order valence-electron chi connectivity index (χ0n) is 15.5. The number of hydrogen-bond acceptors (Lipinski definition) is 4. The summed E-state index contributed by atoms with van der Waals surface area (Å²) in [5.41, 5.74) is 0.147. The summed E-state index contributed by atoms with van der Waals surface area (Å²) in [6.45, 7) is 2.16. The zero-order chi connectivity index (χ0) is 20.6. The van der Waals surface area contributed by atoms with Crippen molar-refractivity contribution in [1.29, 1.82) is 0 Å². The molecular weight excluding hydrogens is 407 g/mol. The molecule has 5 nitrogen and oxygen atoms in total. The predicted octanol–water partition coefficient (Wildman–Crippen LogP) is 3.65. The fourth-order valence-electron chi connectivity index (χ4n) is 3.70. The number of para-hydroxylation sites is 1. The first kappa shape index (κ1) is 19.8. The Morgan fingerprint density at radius 2 is 1.90 bits per heavy atom. The van der Waals surface area contributed by atoms with E-state index in [1.54, 1.807) is 9.80 Å². The molecule has 154 valence electrons. The second-order valence-corrected chi connectivity index (χ2v) is 7.57. The maximum absolute atomic E-state index is 12.9. The summed E-state index contributed by atoms with van der Waals surface area (Å²) in [6, 6.07) is 8.58. The fraction of sp³-hybridized carbons (Fsp3) is 0.400. The van der Waals surface area contributed by atoms with E-state index in [1.807, 2.05) is 24.3 Å². The number of halogens is 4. The van der Waals surface area contributed by atoms with Crippen LogP contribution in [0.3, 0.4) is 0 Å². The number of alkyl halides is 3. The van der Waals surface area contributed by atoms with Crippen LogP contribution in [0.1, 0.15) is 11.1 Å². The van der Waals surface area contributed by atoms with Gasteiger partial charge in [-0.2, -0.15) is 13.2 Å². The Labute approximate surface area is 171 Å². The Bertz CT molecular complexity index is 914. The van der Waals surface area contributed by atoms with Crippen LogP contribution in [0.2, 0.25) is 5.02 Å². The Hall–Kier alpha value is -2.48. The number of benzene rings is 1. The maximum Gasteiger partial charge on any atom is 0.417 e. The monoisotopic (exact) mass is 425 g/mol. The number of amides is 1.